The molecule has 1 saturated heterocycles. The smallest absolute Gasteiger partial charge is 0.255 e. The fourth-order valence-electron chi connectivity index (χ4n) is 5.00. The van der Waals surface area contributed by atoms with E-state index in [1.54, 1.807) is 18.7 Å². The lowest BCUT2D eigenvalue weighted by Crippen LogP contribution is -2.40. The van der Waals surface area contributed by atoms with Gasteiger partial charge in [0.2, 0.25) is 0 Å². The minimum Gasteiger partial charge on any atom is -0.337 e. The summed E-state index contributed by atoms with van der Waals surface area (Å²) in [6, 6.07) is 6.56. The van der Waals surface area contributed by atoms with E-state index >= 15 is 0 Å². The number of fused-ring (bicyclic) bond motifs is 1. The summed E-state index contributed by atoms with van der Waals surface area (Å²) in [5.41, 5.74) is 3.27. The van der Waals surface area contributed by atoms with Crippen molar-refractivity contribution in [2.24, 2.45) is 0 Å². The third-order valence-corrected chi connectivity index (χ3v) is 6.69. The van der Waals surface area contributed by atoms with Gasteiger partial charge in [0, 0.05) is 50.8 Å². The topological polar surface area (TPSA) is 67.2 Å². The number of hydrogen-bond acceptors (Lipinski definition) is 5. The molecule has 0 spiro atoms. The van der Waals surface area contributed by atoms with Gasteiger partial charge < -0.3 is 9.47 Å². The van der Waals surface area contributed by atoms with Gasteiger partial charge in [0.15, 0.2) is 5.65 Å². The molecule has 0 bridgehead atoms. The molecule has 1 aliphatic carbocycles. The molecule has 3 aromatic rings. The number of imidazole rings is 1. The first-order valence-electron chi connectivity index (χ1n) is 11.5. The van der Waals surface area contributed by atoms with E-state index in [1.165, 1.54) is 32.1 Å². The number of pyridine rings is 2. The van der Waals surface area contributed by atoms with Gasteiger partial charge in [0.05, 0.1) is 18.4 Å². The standard InChI is InChI=1S/C24H30N6O/c31-24(29-11-5-10-28(12-13-29)21-7-2-1-3-8-21)20-14-22-23(26-16-20)30(18-27-22)17-19-6-4-9-25-15-19/h4,6,9,14-16,18,21H,1-3,5,7-8,10-13,17H2. The Morgan fingerprint density at radius 1 is 1.00 bits per heavy atom. The molecule has 7 nitrogen and oxygen atoms in total. The van der Waals surface area contributed by atoms with Gasteiger partial charge in [-0.1, -0.05) is 25.3 Å². The van der Waals surface area contributed by atoms with Crippen molar-refractivity contribution in [3.05, 3.63) is 54.2 Å². The van der Waals surface area contributed by atoms with Crippen LogP contribution in [0.25, 0.3) is 11.2 Å². The Kier molecular flexibility index (Phi) is 5.93. The molecule has 1 amide bonds. The maximum Gasteiger partial charge on any atom is 0.255 e. The van der Waals surface area contributed by atoms with Gasteiger partial charge in [0.25, 0.3) is 5.91 Å². The van der Waals surface area contributed by atoms with Crippen molar-refractivity contribution in [3.63, 3.8) is 0 Å². The SMILES string of the molecule is O=C(c1cnc2c(c1)ncn2Cc1cccnc1)N1CCCN(C2CCCCC2)CC1. The number of carbonyl (C=O) groups excluding carboxylic acids is 1. The van der Waals surface area contributed by atoms with Crippen molar-refractivity contribution in [2.75, 3.05) is 26.2 Å². The molecule has 0 N–H and O–H groups in total. The third-order valence-electron chi connectivity index (χ3n) is 6.69. The van der Waals surface area contributed by atoms with Crippen molar-refractivity contribution >= 4 is 17.1 Å². The lowest BCUT2D eigenvalue weighted by molar-refractivity contribution is 0.0754. The zero-order chi connectivity index (χ0) is 21.0. The maximum atomic E-state index is 13.2. The quantitative estimate of drug-likeness (QED) is 0.650. The van der Waals surface area contributed by atoms with Crippen LogP contribution in [-0.2, 0) is 6.54 Å². The van der Waals surface area contributed by atoms with E-state index in [9.17, 15) is 4.79 Å². The Morgan fingerprint density at radius 2 is 1.90 bits per heavy atom. The van der Waals surface area contributed by atoms with Gasteiger partial charge in [-0.25, -0.2) is 9.97 Å². The Morgan fingerprint density at radius 3 is 2.74 bits per heavy atom. The zero-order valence-electron chi connectivity index (χ0n) is 18.0. The van der Waals surface area contributed by atoms with Crippen LogP contribution in [0.5, 0.6) is 0 Å². The van der Waals surface area contributed by atoms with E-state index in [4.69, 9.17) is 0 Å². The Labute approximate surface area is 183 Å². The zero-order valence-corrected chi connectivity index (χ0v) is 18.0. The first-order valence-corrected chi connectivity index (χ1v) is 11.5. The summed E-state index contributed by atoms with van der Waals surface area (Å²) in [4.78, 5) is 31.1. The number of aromatic nitrogens is 4. The van der Waals surface area contributed by atoms with E-state index in [-0.39, 0.29) is 5.91 Å². The van der Waals surface area contributed by atoms with Gasteiger partial charge >= 0.3 is 0 Å². The highest BCUT2D eigenvalue weighted by Gasteiger charge is 2.26. The molecule has 0 aromatic carbocycles. The van der Waals surface area contributed by atoms with Gasteiger partial charge in [-0.2, -0.15) is 0 Å². The van der Waals surface area contributed by atoms with Crippen LogP contribution in [0.15, 0.2) is 43.1 Å². The van der Waals surface area contributed by atoms with Crippen LogP contribution in [0.2, 0.25) is 0 Å². The molecule has 3 aromatic heterocycles. The van der Waals surface area contributed by atoms with Crippen molar-refractivity contribution in [1.29, 1.82) is 0 Å². The molecule has 2 aliphatic rings. The van der Waals surface area contributed by atoms with E-state index in [0.717, 1.165) is 49.3 Å². The van der Waals surface area contributed by atoms with E-state index in [2.05, 4.69) is 19.9 Å². The number of carbonyl (C=O) groups is 1. The van der Waals surface area contributed by atoms with E-state index in [0.29, 0.717) is 18.2 Å². The van der Waals surface area contributed by atoms with Gasteiger partial charge in [-0.3, -0.25) is 14.7 Å². The van der Waals surface area contributed by atoms with Gasteiger partial charge in [-0.05, 0) is 37.0 Å². The first-order chi connectivity index (χ1) is 15.3. The second kappa shape index (κ2) is 9.14. The minimum absolute atomic E-state index is 0.0710. The fourth-order valence-corrected chi connectivity index (χ4v) is 5.00. The first kappa shape index (κ1) is 20.1. The van der Waals surface area contributed by atoms with Crippen molar-refractivity contribution in [1.82, 2.24) is 29.3 Å². The molecule has 1 aliphatic heterocycles. The molecule has 0 radical (unpaired) electrons. The van der Waals surface area contributed by atoms with E-state index in [1.807, 2.05) is 33.9 Å². The summed E-state index contributed by atoms with van der Waals surface area (Å²) in [6.45, 7) is 4.35. The van der Waals surface area contributed by atoms with Crippen LogP contribution >= 0.6 is 0 Å². The Balaban J connectivity index is 1.27. The normalized spacial score (nSPS) is 18.9. The molecule has 31 heavy (non-hydrogen) atoms. The van der Waals surface area contributed by atoms with Gasteiger partial charge in [0.1, 0.15) is 5.52 Å². The Bertz CT molecular complexity index is 1030. The lowest BCUT2D eigenvalue weighted by Gasteiger charge is -2.33. The molecule has 0 unspecified atom stereocenters. The lowest BCUT2D eigenvalue weighted by atomic mass is 9.94. The molecular weight excluding hydrogens is 388 g/mol. The van der Waals surface area contributed by atoms with Crippen molar-refractivity contribution in [3.8, 4) is 0 Å². The molecule has 0 atom stereocenters. The summed E-state index contributed by atoms with van der Waals surface area (Å²) in [5, 5.41) is 0. The second-order valence-electron chi connectivity index (χ2n) is 8.77. The molecule has 5 rings (SSSR count). The van der Waals surface area contributed by atoms with Crippen molar-refractivity contribution < 1.29 is 4.79 Å². The highest BCUT2D eigenvalue weighted by molar-refractivity contribution is 5.96. The van der Waals surface area contributed by atoms with Crippen LogP contribution in [0, 0.1) is 0 Å². The number of nitrogens with zero attached hydrogens (tertiary/aromatic N) is 6. The largest absolute Gasteiger partial charge is 0.337 e. The summed E-state index contributed by atoms with van der Waals surface area (Å²) < 4.78 is 1.99. The molecular formula is C24H30N6O. The van der Waals surface area contributed by atoms with Gasteiger partial charge in [-0.15, -0.1) is 0 Å². The average molecular weight is 419 g/mol. The predicted octanol–water partition coefficient (Wildman–Crippen LogP) is 3.36. The van der Waals surface area contributed by atoms with Crippen LogP contribution in [-0.4, -0.2) is 67.4 Å². The van der Waals surface area contributed by atoms with Crippen LogP contribution in [0.3, 0.4) is 0 Å². The summed E-state index contributed by atoms with van der Waals surface area (Å²) in [6.07, 6.45) is 14.9. The van der Waals surface area contributed by atoms with Crippen LogP contribution in [0.1, 0.15) is 54.4 Å². The minimum atomic E-state index is 0.0710. The molecule has 7 heteroatoms. The maximum absolute atomic E-state index is 13.2. The second-order valence-corrected chi connectivity index (χ2v) is 8.77. The molecule has 2 fully saturated rings. The monoisotopic (exact) mass is 418 g/mol. The van der Waals surface area contributed by atoms with E-state index < -0.39 is 0 Å². The highest BCUT2D eigenvalue weighted by atomic mass is 16.2. The van der Waals surface area contributed by atoms with Crippen molar-refractivity contribution in [2.45, 2.75) is 51.1 Å². The molecule has 4 heterocycles. The number of amides is 1. The summed E-state index contributed by atoms with van der Waals surface area (Å²) in [7, 11) is 0. The molecule has 162 valence electrons. The Hall–Kier alpha value is -2.80. The summed E-state index contributed by atoms with van der Waals surface area (Å²) in [5.74, 6) is 0.0710. The van der Waals surface area contributed by atoms with Crippen LogP contribution < -0.4 is 0 Å². The fraction of sp³-hybridized carbons (Fsp3) is 0.500. The summed E-state index contributed by atoms with van der Waals surface area (Å²) >= 11 is 0. The number of rotatable bonds is 4. The van der Waals surface area contributed by atoms with Crippen LogP contribution in [0.4, 0.5) is 0 Å². The molecule has 1 saturated carbocycles. The third kappa shape index (κ3) is 4.46. The average Bonchev–Trinajstić information content (AvgIpc) is 3.05. The predicted molar refractivity (Wildman–Crippen MR) is 120 cm³/mol. The highest BCUT2D eigenvalue weighted by Crippen LogP contribution is 2.24. The number of hydrogen-bond donors (Lipinski definition) is 0.